The monoisotopic (exact) mass is 286 g/mol. The fraction of sp³-hybridized carbons (Fsp3) is 0.250. The minimum Gasteiger partial charge on any atom is -0.507 e. The summed E-state index contributed by atoms with van der Waals surface area (Å²) >= 11 is 0. The third-order valence-corrected chi connectivity index (χ3v) is 3.24. The zero-order chi connectivity index (χ0) is 15.2. The van der Waals surface area contributed by atoms with Gasteiger partial charge < -0.3 is 16.2 Å². The maximum absolute atomic E-state index is 12.0. The van der Waals surface area contributed by atoms with Crippen LogP contribution in [0.1, 0.15) is 29.6 Å². The van der Waals surface area contributed by atoms with E-state index in [9.17, 15) is 14.7 Å². The lowest BCUT2D eigenvalue weighted by Crippen LogP contribution is -2.24. The van der Waals surface area contributed by atoms with Crippen LogP contribution >= 0.6 is 0 Å². The average Bonchev–Trinajstić information content (AvgIpc) is 2.45. The Labute approximate surface area is 122 Å². The molecule has 0 aliphatic rings. The molecule has 0 heterocycles. The molecule has 0 fully saturated rings. The number of phenols is 1. The van der Waals surface area contributed by atoms with Crippen molar-refractivity contribution < 1.29 is 14.7 Å². The van der Waals surface area contributed by atoms with E-state index in [0.29, 0.717) is 25.8 Å². The standard InChI is InChI=1S/C16H18N2O3/c17-15(20)7-3-4-8-18-16(21)13-9-11-5-1-2-6-12(11)10-14(13)19/h1-2,5-6,9-10,19H,3-4,7-8H2,(H2,17,20)(H,18,21). The molecule has 5 heteroatoms. The first kappa shape index (κ1) is 14.8. The summed E-state index contributed by atoms with van der Waals surface area (Å²) in [4.78, 5) is 22.6. The summed E-state index contributed by atoms with van der Waals surface area (Å²) in [5, 5.41) is 14.4. The van der Waals surface area contributed by atoms with E-state index in [4.69, 9.17) is 5.73 Å². The number of benzene rings is 2. The van der Waals surface area contributed by atoms with E-state index in [-0.39, 0.29) is 23.1 Å². The highest BCUT2D eigenvalue weighted by atomic mass is 16.3. The largest absolute Gasteiger partial charge is 0.507 e. The molecule has 4 N–H and O–H groups in total. The summed E-state index contributed by atoms with van der Waals surface area (Å²) in [6.07, 6.45) is 1.62. The van der Waals surface area contributed by atoms with Gasteiger partial charge in [0.1, 0.15) is 5.75 Å². The van der Waals surface area contributed by atoms with Crippen LogP contribution in [-0.2, 0) is 4.79 Å². The highest BCUT2D eigenvalue weighted by Crippen LogP contribution is 2.24. The highest BCUT2D eigenvalue weighted by Gasteiger charge is 2.11. The highest BCUT2D eigenvalue weighted by molar-refractivity contribution is 6.01. The first-order chi connectivity index (χ1) is 10.1. The number of amides is 2. The van der Waals surface area contributed by atoms with Crippen LogP contribution in [0.2, 0.25) is 0 Å². The molecule has 5 nitrogen and oxygen atoms in total. The number of hydrogen-bond donors (Lipinski definition) is 3. The second-order valence-electron chi connectivity index (χ2n) is 4.90. The van der Waals surface area contributed by atoms with Gasteiger partial charge in [0.15, 0.2) is 0 Å². The van der Waals surface area contributed by atoms with Gasteiger partial charge >= 0.3 is 0 Å². The zero-order valence-corrected chi connectivity index (χ0v) is 11.6. The van der Waals surface area contributed by atoms with E-state index < -0.39 is 0 Å². The molecule has 0 aliphatic carbocycles. The Hall–Kier alpha value is -2.56. The van der Waals surface area contributed by atoms with Crippen molar-refractivity contribution in [1.29, 1.82) is 0 Å². The maximum atomic E-state index is 12.0. The smallest absolute Gasteiger partial charge is 0.255 e. The second-order valence-corrected chi connectivity index (χ2v) is 4.90. The number of carbonyl (C=O) groups is 2. The fourth-order valence-corrected chi connectivity index (χ4v) is 2.13. The van der Waals surface area contributed by atoms with Crippen LogP contribution < -0.4 is 11.1 Å². The lowest BCUT2D eigenvalue weighted by molar-refractivity contribution is -0.118. The molecule has 0 unspecified atom stereocenters. The third-order valence-electron chi connectivity index (χ3n) is 3.24. The van der Waals surface area contributed by atoms with Gasteiger partial charge in [-0.25, -0.2) is 0 Å². The number of fused-ring (bicyclic) bond motifs is 1. The van der Waals surface area contributed by atoms with Crippen molar-refractivity contribution in [3.8, 4) is 5.75 Å². The van der Waals surface area contributed by atoms with Crippen LogP contribution in [0.3, 0.4) is 0 Å². The van der Waals surface area contributed by atoms with Gasteiger partial charge in [-0.15, -0.1) is 0 Å². The van der Waals surface area contributed by atoms with E-state index in [1.807, 2.05) is 24.3 Å². The van der Waals surface area contributed by atoms with Crippen LogP contribution in [0.5, 0.6) is 5.75 Å². The molecule has 2 aromatic rings. The topological polar surface area (TPSA) is 92.4 Å². The van der Waals surface area contributed by atoms with Crippen molar-refractivity contribution in [2.75, 3.05) is 6.54 Å². The minimum absolute atomic E-state index is 0.0386. The third kappa shape index (κ3) is 3.95. The van der Waals surface area contributed by atoms with Gasteiger partial charge in [0, 0.05) is 13.0 Å². The van der Waals surface area contributed by atoms with Gasteiger partial charge in [-0.3, -0.25) is 9.59 Å². The van der Waals surface area contributed by atoms with Crippen molar-refractivity contribution in [2.24, 2.45) is 5.73 Å². The van der Waals surface area contributed by atoms with Crippen molar-refractivity contribution in [3.05, 3.63) is 42.0 Å². The van der Waals surface area contributed by atoms with Gasteiger partial charge in [0.05, 0.1) is 5.56 Å². The van der Waals surface area contributed by atoms with Crippen LogP contribution in [0, 0.1) is 0 Å². The number of hydrogen-bond acceptors (Lipinski definition) is 3. The number of rotatable bonds is 6. The normalized spacial score (nSPS) is 10.5. The van der Waals surface area contributed by atoms with Crippen LogP contribution in [0.15, 0.2) is 36.4 Å². The van der Waals surface area contributed by atoms with Crippen LogP contribution in [-0.4, -0.2) is 23.5 Å². The molecule has 0 saturated carbocycles. The Kier molecular flexibility index (Phi) is 4.77. The molecule has 21 heavy (non-hydrogen) atoms. The Morgan fingerprint density at radius 1 is 1.10 bits per heavy atom. The van der Waals surface area contributed by atoms with Crippen LogP contribution in [0.4, 0.5) is 0 Å². The number of aromatic hydroxyl groups is 1. The van der Waals surface area contributed by atoms with E-state index in [1.54, 1.807) is 12.1 Å². The van der Waals surface area contributed by atoms with Crippen LogP contribution in [0.25, 0.3) is 10.8 Å². The molecular weight excluding hydrogens is 268 g/mol. The molecule has 0 aliphatic heterocycles. The summed E-state index contributed by atoms with van der Waals surface area (Å²) < 4.78 is 0. The minimum atomic E-state index is -0.339. The quantitative estimate of drug-likeness (QED) is 0.708. The van der Waals surface area contributed by atoms with Crippen molar-refractivity contribution in [2.45, 2.75) is 19.3 Å². The summed E-state index contributed by atoms with van der Waals surface area (Å²) in [7, 11) is 0. The molecule has 0 bridgehead atoms. The van der Waals surface area contributed by atoms with Crippen molar-refractivity contribution in [1.82, 2.24) is 5.32 Å². The summed E-state index contributed by atoms with van der Waals surface area (Å²) in [6, 6.07) is 10.8. The molecule has 2 aromatic carbocycles. The molecule has 110 valence electrons. The van der Waals surface area contributed by atoms with E-state index in [2.05, 4.69) is 5.32 Å². The Bertz CT molecular complexity index is 668. The Morgan fingerprint density at radius 3 is 2.43 bits per heavy atom. The maximum Gasteiger partial charge on any atom is 0.255 e. The second kappa shape index (κ2) is 6.74. The SMILES string of the molecule is NC(=O)CCCCNC(=O)c1cc2ccccc2cc1O. The lowest BCUT2D eigenvalue weighted by atomic mass is 10.1. The van der Waals surface area contributed by atoms with Gasteiger partial charge in [0.2, 0.25) is 5.91 Å². The predicted octanol–water partition coefficient (Wildman–Crippen LogP) is 1.93. The number of unbranched alkanes of at least 4 members (excludes halogenated alkanes) is 1. The number of nitrogens with one attached hydrogen (secondary N) is 1. The molecule has 0 aromatic heterocycles. The summed E-state index contributed by atoms with van der Waals surface area (Å²) in [5.41, 5.74) is 5.29. The molecule has 2 rings (SSSR count). The first-order valence-electron chi connectivity index (χ1n) is 6.86. The number of nitrogens with two attached hydrogens (primary N) is 1. The average molecular weight is 286 g/mol. The van der Waals surface area contributed by atoms with Crippen molar-refractivity contribution in [3.63, 3.8) is 0 Å². The molecule has 0 saturated heterocycles. The van der Waals surface area contributed by atoms with E-state index >= 15 is 0 Å². The van der Waals surface area contributed by atoms with E-state index in [0.717, 1.165) is 10.8 Å². The van der Waals surface area contributed by atoms with Gasteiger partial charge in [-0.1, -0.05) is 24.3 Å². The summed E-state index contributed by atoms with van der Waals surface area (Å²) in [5.74, 6) is -0.700. The number of primary amides is 1. The fourth-order valence-electron chi connectivity index (χ4n) is 2.13. The zero-order valence-electron chi connectivity index (χ0n) is 11.6. The molecule has 0 radical (unpaired) electrons. The molecule has 0 atom stereocenters. The lowest BCUT2D eigenvalue weighted by Gasteiger charge is -2.08. The van der Waals surface area contributed by atoms with Gasteiger partial charge in [-0.05, 0) is 35.7 Å². The molecular formula is C16H18N2O3. The Balaban J connectivity index is 1.99. The van der Waals surface area contributed by atoms with Crippen molar-refractivity contribution >= 4 is 22.6 Å². The molecule has 0 spiro atoms. The Morgan fingerprint density at radius 2 is 1.76 bits per heavy atom. The van der Waals surface area contributed by atoms with Gasteiger partial charge in [0.25, 0.3) is 5.91 Å². The summed E-state index contributed by atoms with van der Waals surface area (Å²) in [6.45, 7) is 0.443. The predicted molar refractivity (Wildman–Crippen MR) is 81.0 cm³/mol. The first-order valence-corrected chi connectivity index (χ1v) is 6.86. The van der Waals surface area contributed by atoms with Gasteiger partial charge in [-0.2, -0.15) is 0 Å². The number of phenolic OH excluding ortho intramolecular Hbond substituents is 1. The number of carbonyl (C=O) groups excluding carboxylic acids is 2. The molecule has 2 amide bonds. The van der Waals surface area contributed by atoms with E-state index in [1.165, 1.54) is 0 Å².